The van der Waals surface area contributed by atoms with Gasteiger partial charge in [-0.3, -0.25) is 14.4 Å². The van der Waals surface area contributed by atoms with E-state index in [4.69, 9.17) is 4.74 Å². The Morgan fingerprint density at radius 3 is 2.40 bits per heavy atom. The number of rotatable bonds is 8. The monoisotopic (exact) mass is 477 g/mol. The van der Waals surface area contributed by atoms with Gasteiger partial charge in [-0.25, -0.2) is 0 Å². The van der Waals surface area contributed by atoms with Crippen LogP contribution in [0.3, 0.4) is 0 Å². The second-order valence-corrected chi connectivity index (χ2v) is 9.13. The summed E-state index contributed by atoms with van der Waals surface area (Å²) in [4.78, 5) is 45.5. The molecule has 4 rings (SSSR count). The van der Waals surface area contributed by atoms with Gasteiger partial charge in [0.25, 0.3) is 17.6 Å². The number of hydrogen-bond acceptors (Lipinski definition) is 6. The zero-order chi connectivity index (χ0) is 25.3. The van der Waals surface area contributed by atoms with E-state index < -0.39 is 23.1 Å². The molecule has 1 N–H and O–H groups in total. The zero-order valence-electron chi connectivity index (χ0n) is 20.6. The molecule has 35 heavy (non-hydrogen) atoms. The van der Waals surface area contributed by atoms with E-state index in [1.54, 1.807) is 55.6 Å². The molecule has 8 nitrogen and oxygen atoms in total. The van der Waals surface area contributed by atoms with Crippen LogP contribution in [0.4, 0.5) is 5.69 Å². The standard InChI is InChI=1S/C27H31N3O5/c1-5-17-35-19-13-11-18(12-14-19)23(31)22-24(32)25(33)30(16-8-15-28(2)3)27(22)20-9-6-7-10-21(20)29(4)26(27)34/h6-7,9-14,31H,5,8,15-17H2,1-4H3/b23-22-. The molecule has 2 aromatic rings. The van der Waals surface area contributed by atoms with Gasteiger partial charge in [0.2, 0.25) is 0 Å². The Morgan fingerprint density at radius 1 is 1.06 bits per heavy atom. The molecule has 1 spiro atoms. The van der Waals surface area contributed by atoms with Crippen molar-refractivity contribution in [2.45, 2.75) is 25.3 Å². The average molecular weight is 478 g/mol. The number of carbonyl (C=O) groups excluding carboxylic acids is 3. The van der Waals surface area contributed by atoms with E-state index >= 15 is 0 Å². The SMILES string of the molecule is CCCOc1ccc(/C(O)=C2\C(=O)C(=O)N(CCCN(C)C)C23C(=O)N(C)c2ccccc23)cc1. The molecule has 184 valence electrons. The van der Waals surface area contributed by atoms with Crippen LogP contribution in [0, 0.1) is 0 Å². The predicted octanol–water partition coefficient (Wildman–Crippen LogP) is 2.98. The minimum Gasteiger partial charge on any atom is -0.507 e. The van der Waals surface area contributed by atoms with Crippen LogP contribution in [-0.4, -0.2) is 73.3 Å². The van der Waals surface area contributed by atoms with Crippen molar-refractivity contribution in [2.24, 2.45) is 0 Å². The van der Waals surface area contributed by atoms with Crippen LogP contribution in [0.1, 0.15) is 30.9 Å². The first kappa shape index (κ1) is 24.5. The van der Waals surface area contributed by atoms with Crippen LogP contribution in [0.25, 0.3) is 5.76 Å². The molecule has 2 aliphatic rings. The number of aliphatic hydroxyl groups is 1. The summed E-state index contributed by atoms with van der Waals surface area (Å²) in [5, 5.41) is 11.4. The van der Waals surface area contributed by atoms with Crippen LogP contribution in [0.15, 0.2) is 54.1 Å². The number of fused-ring (bicyclic) bond motifs is 2. The quantitative estimate of drug-likeness (QED) is 0.357. The Morgan fingerprint density at radius 2 is 1.74 bits per heavy atom. The number of amides is 2. The number of ether oxygens (including phenoxy) is 1. The maximum atomic E-state index is 13.9. The topological polar surface area (TPSA) is 90.4 Å². The minimum atomic E-state index is -1.71. The number of hydrogen-bond donors (Lipinski definition) is 1. The molecule has 2 amide bonds. The van der Waals surface area contributed by atoms with E-state index in [9.17, 15) is 19.5 Å². The molecule has 0 aromatic heterocycles. The fourth-order valence-corrected chi connectivity index (χ4v) is 4.89. The molecule has 2 aromatic carbocycles. The smallest absolute Gasteiger partial charge is 0.296 e. The Balaban J connectivity index is 1.89. The fourth-order valence-electron chi connectivity index (χ4n) is 4.89. The Labute approximate surface area is 205 Å². The highest BCUT2D eigenvalue weighted by Gasteiger charge is 2.66. The normalized spacial score (nSPS) is 20.9. The van der Waals surface area contributed by atoms with Gasteiger partial charge in [-0.1, -0.05) is 25.1 Å². The Hall–Kier alpha value is -3.65. The van der Waals surface area contributed by atoms with E-state index in [-0.39, 0.29) is 17.9 Å². The zero-order valence-corrected chi connectivity index (χ0v) is 20.6. The molecule has 8 heteroatoms. The van der Waals surface area contributed by atoms with E-state index in [1.165, 1.54) is 9.80 Å². The maximum absolute atomic E-state index is 13.9. The van der Waals surface area contributed by atoms with Crippen molar-refractivity contribution in [3.8, 4) is 5.75 Å². The highest BCUT2D eigenvalue weighted by atomic mass is 16.5. The van der Waals surface area contributed by atoms with Gasteiger partial charge in [0.15, 0.2) is 5.54 Å². The number of likely N-dealkylation sites (tertiary alicyclic amines) is 1. The average Bonchev–Trinajstić information content (AvgIpc) is 3.21. The molecular formula is C27H31N3O5. The molecule has 1 unspecified atom stereocenters. The van der Waals surface area contributed by atoms with E-state index in [2.05, 4.69) is 0 Å². The van der Waals surface area contributed by atoms with Gasteiger partial charge < -0.3 is 24.5 Å². The highest BCUT2D eigenvalue weighted by Crippen LogP contribution is 2.53. The predicted molar refractivity (Wildman–Crippen MR) is 133 cm³/mol. The largest absolute Gasteiger partial charge is 0.507 e. The summed E-state index contributed by atoms with van der Waals surface area (Å²) in [5.74, 6) is -1.83. The van der Waals surface area contributed by atoms with Gasteiger partial charge in [0.05, 0.1) is 12.2 Å². The summed E-state index contributed by atoms with van der Waals surface area (Å²) in [7, 11) is 5.46. The molecule has 0 bridgehead atoms. The first-order valence-electron chi connectivity index (χ1n) is 11.8. The highest BCUT2D eigenvalue weighted by molar-refractivity contribution is 6.50. The molecule has 0 aliphatic carbocycles. The fraction of sp³-hybridized carbons (Fsp3) is 0.370. The van der Waals surface area contributed by atoms with Crippen molar-refractivity contribution in [1.82, 2.24) is 9.80 Å². The number of nitrogens with zero attached hydrogens (tertiary/aromatic N) is 3. The number of carbonyl (C=O) groups is 3. The van der Waals surface area contributed by atoms with E-state index in [1.807, 2.05) is 25.9 Å². The van der Waals surface area contributed by atoms with E-state index in [0.717, 1.165) is 6.42 Å². The number of anilines is 1. The summed E-state index contributed by atoms with van der Waals surface area (Å²) >= 11 is 0. The van der Waals surface area contributed by atoms with Crippen LogP contribution < -0.4 is 9.64 Å². The second-order valence-electron chi connectivity index (χ2n) is 9.13. The van der Waals surface area contributed by atoms with E-state index in [0.29, 0.717) is 42.1 Å². The lowest BCUT2D eigenvalue weighted by Crippen LogP contribution is -2.51. The van der Waals surface area contributed by atoms with Gasteiger partial charge in [0.1, 0.15) is 11.5 Å². The lowest BCUT2D eigenvalue weighted by molar-refractivity contribution is -0.143. The summed E-state index contributed by atoms with van der Waals surface area (Å²) in [6.07, 6.45) is 1.42. The van der Waals surface area contributed by atoms with Crippen LogP contribution >= 0.6 is 0 Å². The van der Waals surface area contributed by atoms with Crippen LogP contribution in [0.2, 0.25) is 0 Å². The Kier molecular flexibility index (Phi) is 6.67. The molecule has 1 saturated heterocycles. The molecule has 0 saturated carbocycles. The molecule has 2 aliphatic heterocycles. The minimum absolute atomic E-state index is 0.192. The third-order valence-electron chi connectivity index (χ3n) is 6.53. The van der Waals surface area contributed by atoms with Crippen molar-refractivity contribution in [2.75, 3.05) is 45.7 Å². The number of Topliss-reactive ketones (excluding diaryl/α,β-unsaturated/α-hetero) is 1. The molecule has 2 heterocycles. The number of likely N-dealkylation sites (N-methyl/N-ethyl adjacent to an activating group) is 1. The van der Waals surface area contributed by atoms with Crippen molar-refractivity contribution < 1.29 is 24.2 Å². The third kappa shape index (κ3) is 3.87. The maximum Gasteiger partial charge on any atom is 0.296 e. The first-order valence-corrected chi connectivity index (χ1v) is 11.8. The summed E-state index contributed by atoms with van der Waals surface area (Å²) in [6, 6.07) is 13.7. The van der Waals surface area contributed by atoms with Crippen molar-refractivity contribution in [3.05, 3.63) is 65.2 Å². The van der Waals surface area contributed by atoms with Gasteiger partial charge in [-0.2, -0.15) is 0 Å². The number of para-hydroxylation sites is 1. The van der Waals surface area contributed by atoms with Gasteiger partial charge >= 0.3 is 0 Å². The summed E-state index contributed by atoms with van der Waals surface area (Å²) in [5.41, 5.74) is -0.462. The molecule has 1 atom stereocenters. The van der Waals surface area contributed by atoms with Crippen molar-refractivity contribution >= 4 is 29.0 Å². The lowest BCUT2D eigenvalue weighted by atomic mass is 9.82. The van der Waals surface area contributed by atoms with Gasteiger partial charge in [0, 0.05) is 30.4 Å². The number of ketones is 1. The molecule has 0 radical (unpaired) electrons. The van der Waals surface area contributed by atoms with Crippen LogP contribution in [-0.2, 0) is 19.9 Å². The lowest BCUT2D eigenvalue weighted by Gasteiger charge is -2.34. The third-order valence-corrected chi connectivity index (χ3v) is 6.53. The van der Waals surface area contributed by atoms with Crippen molar-refractivity contribution in [3.63, 3.8) is 0 Å². The number of benzene rings is 2. The summed E-state index contributed by atoms with van der Waals surface area (Å²) in [6.45, 7) is 3.42. The van der Waals surface area contributed by atoms with Gasteiger partial charge in [-0.05, 0) is 63.8 Å². The van der Waals surface area contributed by atoms with Crippen LogP contribution in [0.5, 0.6) is 5.75 Å². The molecular weight excluding hydrogens is 446 g/mol. The summed E-state index contributed by atoms with van der Waals surface area (Å²) < 4.78 is 5.61. The van der Waals surface area contributed by atoms with Crippen molar-refractivity contribution in [1.29, 1.82) is 0 Å². The second kappa shape index (κ2) is 9.54. The number of aliphatic hydroxyl groups excluding tert-OH is 1. The first-order chi connectivity index (χ1) is 16.7. The van der Waals surface area contributed by atoms with Gasteiger partial charge in [-0.15, -0.1) is 0 Å². The molecule has 1 fully saturated rings. The Bertz CT molecular complexity index is 1190.